The van der Waals surface area contributed by atoms with Crippen LogP contribution in [0.1, 0.15) is 20.3 Å². The van der Waals surface area contributed by atoms with Crippen molar-refractivity contribution >= 4 is 11.8 Å². The molecule has 0 aliphatic carbocycles. The van der Waals surface area contributed by atoms with Gasteiger partial charge in [-0.3, -0.25) is 9.59 Å². The number of carbonyl (C=O) groups is 2. The molecule has 6 heteroatoms. The first-order valence-corrected chi connectivity index (χ1v) is 5.62. The standard InChI is InChI=1S/C11H20N4O2/c1-9(2)8-15(5-3-4-12)11(17)7-14-10(16)6-13/h9H,3,5-8,13H2,1-2H3,(H,14,16). The van der Waals surface area contributed by atoms with Crippen LogP contribution in [0.3, 0.4) is 0 Å². The number of nitrogens with one attached hydrogen (secondary N) is 1. The minimum atomic E-state index is -0.358. The van der Waals surface area contributed by atoms with Gasteiger partial charge < -0.3 is 16.0 Å². The molecule has 0 radical (unpaired) electrons. The third-order valence-corrected chi connectivity index (χ3v) is 2.05. The number of nitrogens with two attached hydrogens (primary N) is 1. The zero-order chi connectivity index (χ0) is 13.3. The van der Waals surface area contributed by atoms with Gasteiger partial charge in [-0.25, -0.2) is 0 Å². The first-order valence-electron chi connectivity index (χ1n) is 5.62. The van der Waals surface area contributed by atoms with Gasteiger partial charge >= 0.3 is 0 Å². The number of amides is 2. The molecule has 0 spiro atoms. The van der Waals surface area contributed by atoms with E-state index in [0.29, 0.717) is 25.4 Å². The normalized spacial score (nSPS) is 9.82. The van der Waals surface area contributed by atoms with Gasteiger partial charge in [-0.1, -0.05) is 13.8 Å². The molecule has 0 aromatic rings. The van der Waals surface area contributed by atoms with Gasteiger partial charge in [0.1, 0.15) is 0 Å². The predicted molar refractivity (Wildman–Crippen MR) is 63.7 cm³/mol. The summed E-state index contributed by atoms with van der Waals surface area (Å²) in [6.07, 6.45) is 0.295. The van der Waals surface area contributed by atoms with E-state index in [0.717, 1.165) is 0 Å². The molecule has 17 heavy (non-hydrogen) atoms. The quantitative estimate of drug-likeness (QED) is 0.624. The molecule has 3 N–H and O–H groups in total. The molecule has 0 fully saturated rings. The average molecular weight is 240 g/mol. The summed E-state index contributed by atoms with van der Waals surface area (Å²) < 4.78 is 0. The first-order chi connectivity index (χ1) is 8.01. The fourth-order valence-corrected chi connectivity index (χ4v) is 1.30. The van der Waals surface area contributed by atoms with Crippen molar-refractivity contribution in [1.29, 1.82) is 5.26 Å². The van der Waals surface area contributed by atoms with Crippen molar-refractivity contribution in [2.75, 3.05) is 26.2 Å². The lowest BCUT2D eigenvalue weighted by Gasteiger charge is -2.23. The van der Waals surface area contributed by atoms with Crippen LogP contribution >= 0.6 is 0 Å². The van der Waals surface area contributed by atoms with Crippen molar-refractivity contribution in [2.45, 2.75) is 20.3 Å². The smallest absolute Gasteiger partial charge is 0.242 e. The molecule has 0 saturated heterocycles. The van der Waals surface area contributed by atoms with E-state index in [1.165, 1.54) is 0 Å². The van der Waals surface area contributed by atoms with Gasteiger partial charge in [0.05, 0.1) is 25.6 Å². The van der Waals surface area contributed by atoms with Crippen molar-refractivity contribution in [3.8, 4) is 6.07 Å². The van der Waals surface area contributed by atoms with Crippen molar-refractivity contribution < 1.29 is 9.59 Å². The van der Waals surface area contributed by atoms with Crippen LogP contribution in [-0.2, 0) is 9.59 Å². The van der Waals surface area contributed by atoms with E-state index in [4.69, 9.17) is 11.0 Å². The van der Waals surface area contributed by atoms with Crippen molar-refractivity contribution in [2.24, 2.45) is 11.7 Å². The van der Waals surface area contributed by atoms with Gasteiger partial charge in [0.2, 0.25) is 11.8 Å². The molecule has 0 bridgehead atoms. The molecule has 96 valence electrons. The number of rotatable bonds is 7. The molecule has 0 rings (SSSR count). The summed E-state index contributed by atoms with van der Waals surface area (Å²) in [4.78, 5) is 24.3. The van der Waals surface area contributed by atoms with Crippen LogP contribution < -0.4 is 11.1 Å². The zero-order valence-corrected chi connectivity index (χ0v) is 10.4. The van der Waals surface area contributed by atoms with E-state index < -0.39 is 0 Å². The average Bonchev–Trinajstić information content (AvgIpc) is 2.30. The maximum atomic E-state index is 11.8. The van der Waals surface area contributed by atoms with Crippen LogP contribution in [0.15, 0.2) is 0 Å². The van der Waals surface area contributed by atoms with Gasteiger partial charge in [0, 0.05) is 13.1 Å². The fourth-order valence-electron chi connectivity index (χ4n) is 1.30. The van der Waals surface area contributed by atoms with E-state index in [1.807, 2.05) is 19.9 Å². The Morgan fingerprint density at radius 3 is 2.59 bits per heavy atom. The van der Waals surface area contributed by atoms with Gasteiger partial charge in [-0.15, -0.1) is 0 Å². The Morgan fingerprint density at radius 2 is 2.12 bits per heavy atom. The molecule has 0 aromatic heterocycles. The second-order valence-corrected chi connectivity index (χ2v) is 4.12. The second kappa shape index (κ2) is 8.53. The topological polar surface area (TPSA) is 99.2 Å². The fraction of sp³-hybridized carbons (Fsp3) is 0.727. The van der Waals surface area contributed by atoms with Gasteiger partial charge in [0.25, 0.3) is 0 Å². The number of nitrogens with zero attached hydrogens (tertiary/aromatic N) is 2. The minimum absolute atomic E-state index is 0.0613. The summed E-state index contributed by atoms with van der Waals surface area (Å²) in [7, 11) is 0. The summed E-state index contributed by atoms with van der Waals surface area (Å²) >= 11 is 0. The number of hydrogen-bond acceptors (Lipinski definition) is 4. The van der Waals surface area contributed by atoms with Crippen LogP contribution in [0.2, 0.25) is 0 Å². The number of carbonyl (C=O) groups excluding carboxylic acids is 2. The molecule has 0 saturated carbocycles. The maximum Gasteiger partial charge on any atom is 0.242 e. The zero-order valence-electron chi connectivity index (χ0n) is 10.4. The Hall–Kier alpha value is -1.61. The summed E-state index contributed by atoms with van der Waals surface area (Å²) in [5.41, 5.74) is 5.12. The number of nitriles is 1. The number of hydrogen-bond donors (Lipinski definition) is 2. The van der Waals surface area contributed by atoms with E-state index in [-0.39, 0.29) is 24.9 Å². The van der Waals surface area contributed by atoms with E-state index >= 15 is 0 Å². The van der Waals surface area contributed by atoms with Crippen LogP contribution in [-0.4, -0.2) is 42.9 Å². The second-order valence-electron chi connectivity index (χ2n) is 4.12. The Bertz CT molecular complexity index is 296. The largest absolute Gasteiger partial charge is 0.346 e. The molecule has 0 aliphatic rings. The highest BCUT2D eigenvalue weighted by atomic mass is 16.2. The van der Waals surface area contributed by atoms with Crippen molar-refractivity contribution in [3.63, 3.8) is 0 Å². The lowest BCUT2D eigenvalue weighted by atomic mass is 10.2. The molecule has 2 amide bonds. The van der Waals surface area contributed by atoms with Crippen molar-refractivity contribution in [1.82, 2.24) is 10.2 Å². The molecule has 0 aromatic carbocycles. The van der Waals surface area contributed by atoms with Crippen LogP contribution in [0.4, 0.5) is 0 Å². The Morgan fingerprint density at radius 1 is 1.47 bits per heavy atom. The van der Waals surface area contributed by atoms with Crippen LogP contribution in [0, 0.1) is 17.2 Å². The van der Waals surface area contributed by atoms with E-state index in [1.54, 1.807) is 4.90 Å². The highest BCUT2D eigenvalue weighted by molar-refractivity contribution is 5.85. The van der Waals surface area contributed by atoms with Gasteiger partial charge in [-0.2, -0.15) is 5.26 Å². The summed E-state index contributed by atoms with van der Waals surface area (Å²) in [5.74, 6) is -0.221. The molecular weight excluding hydrogens is 220 g/mol. The molecular formula is C11H20N4O2. The first kappa shape index (κ1) is 15.4. The van der Waals surface area contributed by atoms with Gasteiger partial charge in [-0.05, 0) is 5.92 Å². The van der Waals surface area contributed by atoms with E-state index in [9.17, 15) is 9.59 Å². The van der Waals surface area contributed by atoms with Crippen LogP contribution in [0.25, 0.3) is 0 Å². The van der Waals surface area contributed by atoms with Crippen molar-refractivity contribution in [3.05, 3.63) is 0 Å². The monoisotopic (exact) mass is 240 g/mol. The molecule has 0 atom stereocenters. The predicted octanol–water partition coefficient (Wildman–Crippen LogP) is -0.540. The van der Waals surface area contributed by atoms with Crippen LogP contribution in [0.5, 0.6) is 0 Å². The maximum absolute atomic E-state index is 11.8. The SMILES string of the molecule is CC(C)CN(CCC#N)C(=O)CNC(=O)CN. The Labute approximate surface area is 102 Å². The molecule has 0 aliphatic heterocycles. The lowest BCUT2D eigenvalue weighted by molar-refractivity contribution is -0.133. The summed E-state index contributed by atoms with van der Waals surface area (Å²) in [6, 6.07) is 2.00. The highest BCUT2D eigenvalue weighted by Crippen LogP contribution is 2.00. The third-order valence-electron chi connectivity index (χ3n) is 2.05. The molecule has 6 nitrogen and oxygen atoms in total. The Balaban J connectivity index is 4.22. The molecule has 0 heterocycles. The third kappa shape index (κ3) is 7.30. The van der Waals surface area contributed by atoms with Gasteiger partial charge in [0.15, 0.2) is 0 Å². The lowest BCUT2D eigenvalue weighted by Crippen LogP contribution is -2.43. The Kier molecular flexibility index (Phi) is 7.72. The minimum Gasteiger partial charge on any atom is -0.346 e. The highest BCUT2D eigenvalue weighted by Gasteiger charge is 2.14. The summed E-state index contributed by atoms with van der Waals surface area (Å²) in [6.45, 7) is 4.77. The summed E-state index contributed by atoms with van der Waals surface area (Å²) in [5, 5.41) is 10.9. The molecule has 0 unspecified atom stereocenters. The van der Waals surface area contributed by atoms with E-state index in [2.05, 4.69) is 5.32 Å².